The Hall–Kier alpha value is -0.240. The van der Waals surface area contributed by atoms with E-state index in [2.05, 4.69) is 6.92 Å². The molecular formula is C7H15ClO2. The summed E-state index contributed by atoms with van der Waals surface area (Å²) in [6.07, 6.45) is 5.14. The lowest BCUT2D eigenvalue weighted by Gasteiger charge is -1.89. The van der Waals surface area contributed by atoms with Crippen molar-refractivity contribution in [2.75, 3.05) is 5.88 Å². The van der Waals surface area contributed by atoms with E-state index in [1.165, 1.54) is 25.7 Å². The predicted octanol–water partition coefficient (Wildman–Crippen LogP) is 2.51. The van der Waals surface area contributed by atoms with Gasteiger partial charge in [-0.25, -0.2) is 0 Å². The summed E-state index contributed by atoms with van der Waals surface area (Å²) in [4.78, 5) is 8.36. The lowest BCUT2D eigenvalue weighted by molar-refractivity contribution is -0.122. The maximum atomic E-state index is 8.36. The molecule has 0 fully saturated rings. The molecule has 0 heterocycles. The van der Waals surface area contributed by atoms with Crippen molar-refractivity contribution in [3.63, 3.8) is 0 Å². The molecule has 0 aromatic heterocycles. The highest BCUT2D eigenvalue weighted by molar-refractivity contribution is 6.17. The average molecular weight is 167 g/mol. The first-order valence-electron chi connectivity index (χ1n) is 3.47. The molecule has 2 nitrogen and oxygen atoms in total. The first-order valence-corrected chi connectivity index (χ1v) is 4.00. The van der Waals surface area contributed by atoms with E-state index in [0.717, 1.165) is 5.88 Å². The molecule has 1 N–H and O–H groups in total. The highest BCUT2D eigenvalue weighted by Crippen LogP contribution is 1.98. The molecule has 0 saturated heterocycles. The van der Waals surface area contributed by atoms with Crippen LogP contribution in [0, 0.1) is 0 Å². The van der Waals surface area contributed by atoms with E-state index in [9.17, 15) is 0 Å². The highest BCUT2D eigenvalue weighted by Gasteiger charge is 1.81. The van der Waals surface area contributed by atoms with E-state index in [-0.39, 0.29) is 6.47 Å². The summed E-state index contributed by atoms with van der Waals surface area (Å²) in [6, 6.07) is 0. The molecule has 10 heavy (non-hydrogen) atoms. The molecule has 0 radical (unpaired) electrons. The second-order valence-electron chi connectivity index (χ2n) is 1.86. The third-order valence-electron chi connectivity index (χ3n) is 0.987. The van der Waals surface area contributed by atoms with E-state index in [0.29, 0.717) is 0 Å². The van der Waals surface area contributed by atoms with E-state index in [1.54, 1.807) is 0 Å². The zero-order valence-corrected chi connectivity index (χ0v) is 7.10. The smallest absolute Gasteiger partial charge is 0.290 e. The Labute approximate surface area is 67.2 Å². The predicted molar refractivity (Wildman–Crippen MR) is 43.6 cm³/mol. The maximum Gasteiger partial charge on any atom is 0.290 e. The minimum absolute atomic E-state index is 0.250. The standard InChI is InChI=1S/C6H13Cl.CH2O2/c1-2-3-4-5-6-7;2-1-3/h2-6H2,1H3;1H,(H,2,3). The summed E-state index contributed by atoms with van der Waals surface area (Å²) in [7, 11) is 0. The van der Waals surface area contributed by atoms with Gasteiger partial charge in [-0.15, -0.1) is 11.6 Å². The van der Waals surface area contributed by atoms with Crippen LogP contribution in [0.5, 0.6) is 0 Å². The Morgan fingerprint density at radius 1 is 1.40 bits per heavy atom. The van der Waals surface area contributed by atoms with Crippen molar-refractivity contribution in [1.29, 1.82) is 0 Å². The zero-order chi connectivity index (χ0) is 8.24. The molecule has 0 aliphatic rings. The Kier molecular flexibility index (Phi) is 19.8. The van der Waals surface area contributed by atoms with Gasteiger partial charge in [0.2, 0.25) is 0 Å². The Morgan fingerprint density at radius 2 is 1.90 bits per heavy atom. The van der Waals surface area contributed by atoms with Gasteiger partial charge in [0.1, 0.15) is 0 Å². The van der Waals surface area contributed by atoms with Crippen LogP contribution < -0.4 is 0 Å². The van der Waals surface area contributed by atoms with Crippen molar-refractivity contribution < 1.29 is 9.90 Å². The minimum atomic E-state index is -0.250. The quantitative estimate of drug-likeness (QED) is 0.396. The van der Waals surface area contributed by atoms with Gasteiger partial charge in [-0.05, 0) is 6.42 Å². The molecule has 0 aliphatic carbocycles. The molecule has 0 spiro atoms. The van der Waals surface area contributed by atoms with E-state index >= 15 is 0 Å². The van der Waals surface area contributed by atoms with Gasteiger partial charge < -0.3 is 5.11 Å². The Morgan fingerprint density at radius 3 is 2.20 bits per heavy atom. The van der Waals surface area contributed by atoms with Crippen LogP contribution in [0.3, 0.4) is 0 Å². The van der Waals surface area contributed by atoms with Crippen LogP contribution in [0.15, 0.2) is 0 Å². The van der Waals surface area contributed by atoms with Gasteiger partial charge in [-0.2, -0.15) is 0 Å². The summed E-state index contributed by atoms with van der Waals surface area (Å²) in [5, 5.41) is 6.89. The van der Waals surface area contributed by atoms with Crippen LogP contribution in [-0.4, -0.2) is 17.5 Å². The highest BCUT2D eigenvalue weighted by atomic mass is 35.5. The van der Waals surface area contributed by atoms with E-state index in [4.69, 9.17) is 21.5 Å². The number of carbonyl (C=O) groups is 1. The normalized spacial score (nSPS) is 7.80. The third kappa shape index (κ3) is 25.1. The first kappa shape index (κ1) is 12.4. The van der Waals surface area contributed by atoms with Crippen molar-refractivity contribution in [2.24, 2.45) is 0 Å². The van der Waals surface area contributed by atoms with Gasteiger partial charge in [0.25, 0.3) is 6.47 Å². The van der Waals surface area contributed by atoms with Gasteiger partial charge >= 0.3 is 0 Å². The SMILES string of the molecule is CCCCCCCl.O=CO. The van der Waals surface area contributed by atoms with Crippen LogP contribution in [0.1, 0.15) is 32.6 Å². The number of halogens is 1. The van der Waals surface area contributed by atoms with Gasteiger partial charge in [0.05, 0.1) is 0 Å². The van der Waals surface area contributed by atoms with Crippen molar-refractivity contribution in [3.8, 4) is 0 Å². The van der Waals surface area contributed by atoms with Gasteiger partial charge in [0, 0.05) is 5.88 Å². The monoisotopic (exact) mass is 166 g/mol. The van der Waals surface area contributed by atoms with E-state index < -0.39 is 0 Å². The lowest BCUT2D eigenvalue weighted by atomic mass is 10.2. The van der Waals surface area contributed by atoms with Gasteiger partial charge in [0.15, 0.2) is 0 Å². The molecule has 0 rings (SSSR count). The van der Waals surface area contributed by atoms with Crippen molar-refractivity contribution in [3.05, 3.63) is 0 Å². The van der Waals surface area contributed by atoms with Crippen molar-refractivity contribution in [2.45, 2.75) is 32.6 Å². The fourth-order valence-electron chi connectivity index (χ4n) is 0.521. The summed E-state index contributed by atoms with van der Waals surface area (Å²) in [5.74, 6) is 0.833. The minimum Gasteiger partial charge on any atom is -0.483 e. The Balaban J connectivity index is 0. The fourth-order valence-corrected chi connectivity index (χ4v) is 0.710. The second kappa shape index (κ2) is 15.9. The molecule has 0 aliphatic heterocycles. The van der Waals surface area contributed by atoms with E-state index in [1.807, 2.05) is 0 Å². The lowest BCUT2D eigenvalue weighted by Crippen LogP contribution is -1.74. The van der Waals surface area contributed by atoms with Crippen LogP contribution in [0.2, 0.25) is 0 Å². The summed E-state index contributed by atoms with van der Waals surface area (Å²) < 4.78 is 0. The number of unbranched alkanes of at least 4 members (excludes halogenated alkanes) is 3. The number of rotatable bonds is 4. The number of hydrogen-bond acceptors (Lipinski definition) is 1. The molecule has 0 atom stereocenters. The summed E-state index contributed by atoms with van der Waals surface area (Å²) >= 11 is 5.44. The fraction of sp³-hybridized carbons (Fsp3) is 0.857. The topological polar surface area (TPSA) is 37.3 Å². The summed E-state index contributed by atoms with van der Waals surface area (Å²) in [6.45, 7) is 1.95. The van der Waals surface area contributed by atoms with Crippen molar-refractivity contribution in [1.82, 2.24) is 0 Å². The number of carboxylic acid groups (broad SMARTS) is 1. The van der Waals surface area contributed by atoms with Crippen LogP contribution >= 0.6 is 11.6 Å². The van der Waals surface area contributed by atoms with Crippen LogP contribution in [0.25, 0.3) is 0 Å². The molecule has 0 aromatic carbocycles. The largest absolute Gasteiger partial charge is 0.483 e. The second-order valence-corrected chi connectivity index (χ2v) is 2.23. The number of alkyl halides is 1. The van der Waals surface area contributed by atoms with Crippen molar-refractivity contribution >= 4 is 18.1 Å². The molecule has 0 unspecified atom stereocenters. The summed E-state index contributed by atoms with van der Waals surface area (Å²) in [5.41, 5.74) is 0. The molecule has 0 aromatic rings. The molecule has 3 heteroatoms. The molecule has 0 amide bonds. The molecule has 0 saturated carbocycles. The number of hydrogen-bond donors (Lipinski definition) is 1. The third-order valence-corrected chi connectivity index (χ3v) is 1.25. The van der Waals surface area contributed by atoms with Gasteiger partial charge in [-0.1, -0.05) is 26.2 Å². The molecular weight excluding hydrogens is 152 g/mol. The first-order chi connectivity index (χ1) is 4.83. The van der Waals surface area contributed by atoms with Gasteiger partial charge in [-0.3, -0.25) is 4.79 Å². The van der Waals surface area contributed by atoms with Crippen LogP contribution in [-0.2, 0) is 4.79 Å². The maximum absolute atomic E-state index is 8.36. The van der Waals surface area contributed by atoms with Crippen LogP contribution in [0.4, 0.5) is 0 Å². The zero-order valence-electron chi connectivity index (χ0n) is 6.35. The molecule has 62 valence electrons. The average Bonchev–Trinajstić information content (AvgIpc) is 1.91. The molecule has 0 bridgehead atoms. The Bertz CT molecular complexity index is 53.6.